The summed E-state index contributed by atoms with van der Waals surface area (Å²) in [6.45, 7) is 7.54. The van der Waals surface area contributed by atoms with Gasteiger partial charge in [-0.05, 0) is 44.0 Å². The Bertz CT molecular complexity index is 1090. The van der Waals surface area contributed by atoms with Crippen LogP contribution in [0.3, 0.4) is 0 Å². The molecule has 2 rings (SSSR count). The third kappa shape index (κ3) is 7.74. The van der Waals surface area contributed by atoms with Gasteiger partial charge in [0.05, 0.1) is 4.90 Å². The van der Waals surface area contributed by atoms with Crippen molar-refractivity contribution in [3.63, 3.8) is 0 Å². The zero-order chi connectivity index (χ0) is 22.9. The smallest absolute Gasteiger partial charge is 0.207 e. The average molecular weight is 464 g/mol. The van der Waals surface area contributed by atoms with E-state index < -0.39 is 26.3 Å². The van der Waals surface area contributed by atoms with Gasteiger partial charge in [-0.2, -0.15) is 17.4 Å². The van der Waals surface area contributed by atoms with Gasteiger partial charge in [-0.25, -0.2) is 13.1 Å². The van der Waals surface area contributed by atoms with Gasteiger partial charge < -0.3 is 0 Å². The molecule has 0 bridgehead atoms. The lowest BCUT2D eigenvalue weighted by Gasteiger charge is -2.26. The zero-order valence-electron chi connectivity index (χ0n) is 17.8. The Balaban J connectivity index is 1.99. The number of rotatable bonds is 12. The molecule has 0 saturated heterocycles. The van der Waals surface area contributed by atoms with E-state index in [1.54, 1.807) is 37.3 Å². The average Bonchev–Trinajstić information content (AvgIpc) is 2.73. The van der Waals surface area contributed by atoms with E-state index in [1.807, 2.05) is 37.3 Å². The van der Waals surface area contributed by atoms with Crippen molar-refractivity contribution in [2.45, 2.75) is 37.8 Å². The molecule has 0 saturated carbocycles. The molecule has 0 aliphatic heterocycles. The van der Waals surface area contributed by atoms with Crippen LogP contribution in [-0.4, -0.2) is 40.3 Å². The standard InChI is InChI=1S/C22H29N3O4S2/c1-4-9-20(3)25(30(26,27)22-14-12-19(2)13-15-22)17-8-16-23-31(28,29)24-18-21-10-6-5-7-11-21/h5-7,9-15,20,23-24H,1,8,16-18H2,2-3H3/t20-/m0/s1. The Morgan fingerprint density at radius 1 is 1.03 bits per heavy atom. The van der Waals surface area contributed by atoms with Crippen molar-refractivity contribution in [2.75, 3.05) is 13.1 Å². The lowest BCUT2D eigenvalue weighted by Crippen LogP contribution is -2.41. The Kier molecular flexibility index (Phi) is 9.18. The second-order valence-electron chi connectivity index (χ2n) is 7.10. The van der Waals surface area contributed by atoms with Crippen LogP contribution in [0.2, 0.25) is 0 Å². The summed E-state index contributed by atoms with van der Waals surface area (Å²) in [5.74, 6) is 0. The van der Waals surface area contributed by atoms with Gasteiger partial charge in [0.25, 0.3) is 10.2 Å². The maximum absolute atomic E-state index is 13.1. The number of nitrogens with zero attached hydrogens (tertiary/aromatic N) is 1. The van der Waals surface area contributed by atoms with Gasteiger partial charge in [0.1, 0.15) is 0 Å². The summed E-state index contributed by atoms with van der Waals surface area (Å²) in [5, 5.41) is 0. The van der Waals surface area contributed by atoms with Gasteiger partial charge in [0.15, 0.2) is 0 Å². The summed E-state index contributed by atoms with van der Waals surface area (Å²) in [5.41, 5.74) is 4.43. The fraction of sp³-hybridized carbons (Fsp3) is 0.318. The highest BCUT2D eigenvalue weighted by atomic mass is 32.2. The maximum Gasteiger partial charge on any atom is 0.277 e. The van der Waals surface area contributed by atoms with E-state index in [0.717, 1.165) is 11.1 Å². The molecule has 0 aromatic heterocycles. The molecule has 1 atom stereocenters. The summed E-state index contributed by atoms with van der Waals surface area (Å²) >= 11 is 0. The van der Waals surface area contributed by atoms with E-state index in [0.29, 0.717) is 6.42 Å². The molecule has 31 heavy (non-hydrogen) atoms. The minimum atomic E-state index is -3.76. The third-order valence-corrected chi connectivity index (χ3v) is 7.71. The SMILES string of the molecule is C=C=C[C@H](C)N(CCCNS(=O)(=O)NCc1ccccc1)S(=O)(=O)c1ccc(C)cc1. The van der Waals surface area contributed by atoms with Crippen molar-refractivity contribution in [1.29, 1.82) is 0 Å². The maximum atomic E-state index is 13.1. The normalized spacial score (nSPS) is 13.0. The van der Waals surface area contributed by atoms with E-state index in [2.05, 4.69) is 21.8 Å². The zero-order valence-corrected chi connectivity index (χ0v) is 19.4. The largest absolute Gasteiger partial charge is 0.277 e. The molecule has 2 aromatic carbocycles. The molecule has 7 nitrogen and oxygen atoms in total. The summed E-state index contributed by atoms with van der Waals surface area (Å²) < 4.78 is 56.8. The molecule has 168 valence electrons. The topological polar surface area (TPSA) is 95.6 Å². The van der Waals surface area contributed by atoms with Crippen LogP contribution >= 0.6 is 0 Å². The highest BCUT2D eigenvalue weighted by Gasteiger charge is 2.27. The van der Waals surface area contributed by atoms with Crippen LogP contribution in [0.1, 0.15) is 24.5 Å². The molecular weight excluding hydrogens is 434 g/mol. The Morgan fingerprint density at radius 2 is 1.68 bits per heavy atom. The molecular formula is C22H29N3O4S2. The number of aryl methyl sites for hydroxylation is 1. The van der Waals surface area contributed by atoms with Crippen LogP contribution in [0, 0.1) is 6.92 Å². The van der Waals surface area contributed by atoms with Crippen molar-refractivity contribution in [2.24, 2.45) is 0 Å². The van der Waals surface area contributed by atoms with Gasteiger partial charge in [-0.3, -0.25) is 0 Å². The van der Waals surface area contributed by atoms with Gasteiger partial charge in [0, 0.05) is 25.7 Å². The van der Waals surface area contributed by atoms with E-state index in [-0.39, 0.29) is 24.5 Å². The summed E-state index contributed by atoms with van der Waals surface area (Å²) in [4.78, 5) is 0.188. The van der Waals surface area contributed by atoms with E-state index in [1.165, 1.54) is 4.31 Å². The molecule has 0 fully saturated rings. The van der Waals surface area contributed by atoms with Gasteiger partial charge in [0.2, 0.25) is 10.0 Å². The van der Waals surface area contributed by atoms with Crippen LogP contribution in [0.4, 0.5) is 0 Å². The fourth-order valence-corrected chi connectivity index (χ4v) is 5.40. The predicted molar refractivity (Wildman–Crippen MR) is 123 cm³/mol. The molecule has 0 amide bonds. The monoisotopic (exact) mass is 463 g/mol. The van der Waals surface area contributed by atoms with Crippen molar-refractivity contribution >= 4 is 20.2 Å². The van der Waals surface area contributed by atoms with Crippen molar-refractivity contribution in [1.82, 2.24) is 13.7 Å². The predicted octanol–water partition coefficient (Wildman–Crippen LogP) is 2.73. The second-order valence-corrected chi connectivity index (χ2v) is 10.6. The van der Waals surface area contributed by atoms with Crippen LogP contribution < -0.4 is 9.44 Å². The molecule has 9 heteroatoms. The minimum absolute atomic E-state index is 0.0918. The number of benzene rings is 2. The highest BCUT2D eigenvalue weighted by Crippen LogP contribution is 2.19. The van der Waals surface area contributed by atoms with E-state index in [9.17, 15) is 16.8 Å². The number of hydrogen-bond donors (Lipinski definition) is 2. The van der Waals surface area contributed by atoms with Gasteiger partial charge >= 0.3 is 0 Å². The Hall–Kier alpha value is -2.26. The molecule has 0 aliphatic carbocycles. The van der Waals surface area contributed by atoms with Crippen LogP contribution in [0.25, 0.3) is 0 Å². The number of nitrogens with one attached hydrogen (secondary N) is 2. The van der Waals surface area contributed by atoms with Crippen molar-refractivity contribution in [3.8, 4) is 0 Å². The van der Waals surface area contributed by atoms with Crippen LogP contribution in [-0.2, 0) is 26.8 Å². The molecule has 0 radical (unpaired) electrons. The Morgan fingerprint density at radius 3 is 2.29 bits per heavy atom. The lowest BCUT2D eigenvalue weighted by molar-refractivity contribution is 0.372. The fourth-order valence-electron chi connectivity index (χ4n) is 2.91. The first-order chi connectivity index (χ1) is 14.7. The third-order valence-electron chi connectivity index (χ3n) is 4.60. The summed E-state index contributed by atoms with van der Waals surface area (Å²) in [6.07, 6.45) is 1.87. The minimum Gasteiger partial charge on any atom is -0.207 e. The molecule has 0 aliphatic rings. The van der Waals surface area contributed by atoms with E-state index in [4.69, 9.17) is 0 Å². The quantitative estimate of drug-likeness (QED) is 0.374. The Labute approximate surface area is 185 Å². The second kappa shape index (κ2) is 11.4. The lowest BCUT2D eigenvalue weighted by atomic mass is 10.2. The first kappa shape index (κ1) is 25.0. The van der Waals surface area contributed by atoms with Gasteiger partial charge in [-0.15, -0.1) is 5.73 Å². The number of sulfonamides is 1. The summed E-state index contributed by atoms with van der Waals surface area (Å²) in [7, 11) is -7.46. The van der Waals surface area contributed by atoms with Crippen molar-refractivity contribution in [3.05, 3.63) is 84.1 Å². The highest BCUT2D eigenvalue weighted by molar-refractivity contribution is 7.89. The molecule has 0 unspecified atom stereocenters. The molecule has 2 N–H and O–H groups in total. The first-order valence-electron chi connectivity index (χ1n) is 9.88. The first-order valence-corrected chi connectivity index (χ1v) is 12.8. The molecule has 0 spiro atoms. The van der Waals surface area contributed by atoms with Crippen LogP contribution in [0.5, 0.6) is 0 Å². The number of hydrogen-bond acceptors (Lipinski definition) is 4. The van der Waals surface area contributed by atoms with Crippen LogP contribution in [0.15, 0.2) is 77.9 Å². The van der Waals surface area contributed by atoms with E-state index >= 15 is 0 Å². The van der Waals surface area contributed by atoms with Gasteiger partial charge in [-0.1, -0.05) is 54.6 Å². The summed E-state index contributed by atoms with van der Waals surface area (Å²) in [6, 6.07) is 15.3. The van der Waals surface area contributed by atoms with Crippen molar-refractivity contribution < 1.29 is 16.8 Å². The molecule has 2 aromatic rings. The molecule has 0 heterocycles.